The molecule has 0 saturated heterocycles. The van der Waals surface area contributed by atoms with E-state index in [2.05, 4.69) is 10.5 Å². The van der Waals surface area contributed by atoms with Gasteiger partial charge in [-0.25, -0.2) is 4.39 Å². The number of hydrogen-bond donors (Lipinski definition) is 1. The van der Waals surface area contributed by atoms with Crippen LogP contribution in [-0.2, 0) is 10.2 Å². The Bertz CT molecular complexity index is 647. The molecule has 1 aromatic carbocycles. The Labute approximate surface area is 116 Å². The molecule has 1 heterocycles. The molecule has 1 fully saturated rings. The lowest BCUT2D eigenvalue weighted by atomic mass is 10.0. The molecular weight excluding hydrogens is 259 g/mol. The third-order valence-corrected chi connectivity index (χ3v) is 3.66. The van der Waals surface area contributed by atoms with Crippen molar-refractivity contribution in [3.63, 3.8) is 0 Å². The SMILES string of the molecule is CCNC(=O)C1(c2cc(-c3ccccc3F)on2)CC1. The molecule has 5 heteroatoms. The van der Waals surface area contributed by atoms with Gasteiger partial charge >= 0.3 is 0 Å². The molecular formula is C15H15FN2O2. The number of nitrogens with one attached hydrogen (secondary N) is 1. The van der Waals surface area contributed by atoms with Gasteiger partial charge in [0.1, 0.15) is 5.82 Å². The van der Waals surface area contributed by atoms with E-state index in [1.807, 2.05) is 6.92 Å². The van der Waals surface area contributed by atoms with Gasteiger partial charge in [0.25, 0.3) is 0 Å². The second-order valence-electron chi connectivity index (χ2n) is 5.00. The van der Waals surface area contributed by atoms with Crippen molar-refractivity contribution in [3.05, 3.63) is 41.8 Å². The van der Waals surface area contributed by atoms with Gasteiger partial charge in [0, 0.05) is 12.6 Å². The lowest BCUT2D eigenvalue weighted by Gasteiger charge is -2.10. The van der Waals surface area contributed by atoms with E-state index in [1.165, 1.54) is 6.07 Å². The van der Waals surface area contributed by atoms with Gasteiger partial charge in [0.2, 0.25) is 5.91 Å². The summed E-state index contributed by atoms with van der Waals surface area (Å²) in [5.41, 5.74) is 0.364. The van der Waals surface area contributed by atoms with Crippen LogP contribution in [0.15, 0.2) is 34.9 Å². The Hall–Kier alpha value is -2.17. The average molecular weight is 274 g/mol. The highest BCUT2D eigenvalue weighted by Gasteiger charge is 2.53. The van der Waals surface area contributed by atoms with Gasteiger partial charge in [-0.05, 0) is 31.9 Å². The van der Waals surface area contributed by atoms with Crippen LogP contribution in [0.2, 0.25) is 0 Å². The largest absolute Gasteiger partial charge is 0.356 e. The number of likely N-dealkylation sites (N-methyl/N-ethyl adjacent to an activating group) is 1. The Morgan fingerprint density at radius 3 is 2.85 bits per heavy atom. The number of nitrogens with zero attached hydrogens (tertiary/aromatic N) is 1. The van der Waals surface area contributed by atoms with Crippen LogP contribution in [0.25, 0.3) is 11.3 Å². The summed E-state index contributed by atoms with van der Waals surface area (Å²) in [5, 5.41) is 6.78. The van der Waals surface area contributed by atoms with Crippen molar-refractivity contribution in [2.45, 2.75) is 25.2 Å². The molecule has 1 N–H and O–H groups in total. The maximum Gasteiger partial charge on any atom is 0.232 e. The smallest absolute Gasteiger partial charge is 0.232 e. The highest BCUT2D eigenvalue weighted by Crippen LogP contribution is 2.48. The fourth-order valence-electron chi connectivity index (χ4n) is 2.34. The molecule has 1 aromatic heterocycles. The zero-order valence-corrected chi connectivity index (χ0v) is 11.1. The molecule has 104 valence electrons. The summed E-state index contributed by atoms with van der Waals surface area (Å²) < 4.78 is 18.9. The normalized spacial score (nSPS) is 15.9. The molecule has 1 aliphatic carbocycles. The van der Waals surface area contributed by atoms with Crippen molar-refractivity contribution in [2.75, 3.05) is 6.54 Å². The van der Waals surface area contributed by atoms with Gasteiger partial charge in [-0.2, -0.15) is 0 Å². The number of benzene rings is 1. The molecule has 2 aromatic rings. The Morgan fingerprint density at radius 1 is 1.45 bits per heavy atom. The Kier molecular flexibility index (Phi) is 3.04. The van der Waals surface area contributed by atoms with Crippen LogP contribution < -0.4 is 5.32 Å². The molecule has 20 heavy (non-hydrogen) atoms. The fourth-order valence-corrected chi connectivity index (χ4v) is 2.34. The summed E-state index contributed by atoms with van der Waals surface area (Å²) in [6.45, 7) is 2.46. The van der Waals surface area contributed by atoms with Crippen LogP contribution in [0.4, 0.5) is 4.39 Å². The third kappa shape index (κ3) is 1.99. The van der Waals surface area contributed by atoms with Crippen LogP contribution in [0.1, 0.15) is 25.5 Å². The summed E-state index contributed by atoms with van der Waals surface area (Å²) in [6.07, 6.45) is 1.50. The third-order valence-electron chi connectivity index (χ3n) is 3.66. The molecule has 1 aliphatic rings. The fraction of sp³-hybridized carbons (Fsp3) is 0.333. The van der Waals surface area contributed by atoms with Crippen LogP contribution in [-0.4, -0.2) is 17.6 Å². The maximum atomic E-state index is 13.7. The molecule has 3 rings (SSSR count). The Balaban J connectivity index is 1.92. The average Bonchev–Trinajstić information content (AvgIpc) is 3.12. The van der Waals surface area contributed by atoms with Crippen LogP contribution in [0.5, 0.6) is 0 Å². The molecule has 4 nitrogen and oxygen atoms in total. The minimum absolute atomic E-state index is 0.0339. The van der Waals surface area contributed by atoms with Gasteiger partial charge in [0.05, 0.1) is 16.7 Å². The van der Waals surface area contributed by atoms with Gasteiger partial charge in [0.15, 0.2) is 5.76 Å². The monoisotopic (exact) mass is 274 g/mol. The van der Waals surface area contributed by atoms with E-state index in [0.717, 1.165) is 12.8 Å². The second-order valence-corrected chi connectivity index (χ2v) is 5.00. The zero-order valence-electron chi connectivity index (χ0n) is 11.1. The molecule has 0 unspecified atom stereocenters. The summed E-state index contributed by atoms with van der Waals surface area (Å²) in [5.74, 6) is -0.0416. The number of carbonyl (C=O) groups is 1. The number of aromatic nitrogens is 1. The quantitative estimate of drug-likeness (QED) is 0.932. The minimum Gasteiger partial charge on any atom is -0.356 e. The number of hydrogen-bond acceptors (Lipinski definition) is 3. The lowest BCUT2D eigenvalue weighted by molar-refractivity contribution is -0.123. The first-order chi connectivity index (χ1) is 9.67. The molecule has 0 atom stereocenters. The summed E-state index contributed by atoms with van der Waals surface area (Å²) >= 11 is 0. The number of halogens is 1. The highest BCUT2D eigenvalue weighted by atomic mass is 19.1. The van der Waals surface area contributed by atoms with Crippen molar-refractivity contribution in [1.82, 2.24) is 10.5 Å². The van der Waals surface area contributed by atoms with Gasteiger partial charge in [-0.3, -0.25) is 4.79 Å². The van der Waals surface area contributed by atoms with E-state index >= 15 is 0 Å². The molecule has 1 amide bonds. The number of carbonyl (C=O) groups excluding carboxylic acids is 1. The molecule has 0 radical (unpaired) electrons. The van der Waals surface area contributed by atoms with E-state index in [0.29, 0.717) is 23.6 Å². The van der Waals surface area contributed by atoms with E-state index in [4.69, 9.17) is 4.52 Å². The van der Waals surface area contributed by atoms with E-state index in [-0.39, 0.29) is 11.7 Å². The predicted molar refractivity (Wildman–Crippen MR) is 71.5 cm³/mol. The van der Waals surface area contributed by atoms with Gasteiger partial charge in [-0.1, -0.05) is 17.3 Å². The first kappa shape index (κ1) is 12.8. The summed E-state index contributed by atoms with van der Waals surface area (Å²) in [7, 11) is 0. The van der Waals surface area contributed by atoms with Crippen LogP contribution >= 0.6 is 0 Å². The molecule has 0 bridgehead atoms. The summed E-state index contributed by atoms with van der Waals surface area (Å²) in [6, 6.07) is 8.02. The van der Waals surface area contributed by atoms with Crippen LogP contribution in [0, 0.1) is 5.82 Å². The Morgan fingerprint density at radius 2 is 2.20 bits per heavy atom. The molecule has 0 aliphatic heterocycles. The lowest BCUT2D eigenvalue weighted by Crippen LogP contribution is -2.34. The van der Waals surface area contributed by atoms with Crippen molar-refractivity contribution >= 4 is 5.91 Å². The van der Waals surface area contributed by atoms with Gasteiger partial charge < -0.3 is 9.84 Å². The predicted octanol–water partition coefficient (Wildman–Crippen LogP) is 2.65. The van der Waals surface area contributed by atoms with Crippen LogP contribution in [0.3, 0.4) is 0 Å². The number of rotatable bonds is 4. The van der Waals surface area contributed by atoms with Gasteiger partial charge in [-0.15, -0.1) is 0 Å². The first-order valence-corrected chi connectivity index (χ1v) is 6.68. The highest BCUT2D eigenvalue weighted by molar-refractivity contribution is 5.90. The summed E-state index contributed by atoms with van der Waals surface area (Å²) in [4.78, 5) is 12.1. The number of amides is 1. The standard InChI is InChI=1S/C15H15FN2O2/c1-2-17-14(19)15(7-8-15)13-9-12(20-18-13)10-5-3-4-6-11(10)16/h3-6,9H,2,7-8H2,1H3,(H,17,19). The second kappa shape index (κ2) is 4.74. The van der Waals surface area contributed by atoms with Crippen molar-refractivity contribution in [1.29, 1.82) is 0 Å². The molecule has 0 spiro atoms. The van der Waals surface area contributed by atoms with E-state index in [1.54, 1.807) is 24.3 Å². The maximum absolute atomic E-state index is 13.7. The topological polar surface area (TPSA) is 55.1 Å². The van der Waals surface area contributed by atoms with E-state index < -0.39 is 5.41 Å². The molecule has 1 saturated carbocycles. The minimum atomic E-state index is -0.580. The van der Waals surface area contributed by atoms with Crippen molar-refractivity contribution in [3.8, 4) is 11.3 Å². The first-order valence-electron chi connectivity index (χ1n) is 6.68. The van der Waals surface area contributed by atoms with Crippen molar-refractivity contribution < 1.29 is 13.7 Å². The van der Waals surface area contributed by atoms with Crippen molar-refractivity contribution in [2.24, 2.45) is 0 Å². The zero-order chi connectivity index (χ0) is 14.2. The van der Waals surface area contributed by atoms with E-state index in [9.17, 15) is 9.18 Å².